The lowest BCUT2D eigenvalue weighted by molar-refractivity contribution is 0.178. The molecule has 0 saturated heterocycles. The quantitative estimate of drug-likeness (QED) is 0.835. The predicted molar refractivity (Wildman–Crippen MR) is 81.1 cm³/mol. The van der Waals surface area contributed by atoms with E-state index in [1.807, 2.05) is 12.1 Å². The topological polar surface area (TPSA) is 26.0 Å². The first-order valence-corrected chi connectivity index (χ1v) is 6.94. The van der Waals surface area contributed by atoms with Crippen molar-refractivity contribution in [2.24, 2.45) is 11.7 Å². The first-order valence-electron chi connectivity index (χ1n) is 6.56. The van der Waals surface area contributed by atoms with Gasteiger partial charge >= 0.3 is 0 Å². The number of nitrogens with two attached hydrogens (primary N) is 1. The van der Waals surface area contributed by atoms with Gasteiger partial charge in [0.1, 0.15) is 0 Å². The molecule has 0 aliphatic heterocycles. The summed E-state index contributed by atoms with van der Waals surface area (Å²) in [5.41, 5.74) is 8.05. The molecule has 0 bridgehead atoms. The number of hydrogen-bond acceptors (Lipinski definition) is 1. The van der Waals surface area contributed by atoms with Crippen molar-refractivity contribution in [2.75, 3.05) is 0 Å². The Balaban J connectivity index is 0.00000162. The third-order valence-electron chi connectivity index (χ3n) is 4.10. The molecule has 2 heteroatoms. The summed E-state index contributed by atoms with van der Waals surface area (Å²) in [6.45, 7) is 4.49. The van der Waals surface area contributed by atoms with Gasteiger partial charge in [0.25, 0.3) is 0 Å². The van der Waals surface area contributed by atoms with Gasteiger partial charge in [0.05, 0.1) is 0 Å². The molecule has 0 radical (unpaired) electrons. The van der Waals surface area contributed by atoms with Crippen LogP contribution in [0.3, 0.4) is 0 Å². The summed E-state index contributed by atoms with van der Waals surface area (Å²) < 4.78 is 0. The normalized spacial score (nSPS) is 18.9. The van der Waals surface area contributed by atoms with Crippen molar-refractivity contribution >= 4 is 11.6 Å². The highest BCUT2D eigenvalue weighted by molar-refractivity contribution is 6.30. The minimum absolute atomic E-state index is 0. The van der Waals surface area contributed by atoms with Crippen molar-refractivity contribution in [3.8, 4) is 0 Å². The van der Waals surface area contributed by atoms with Crippen LogP contribution in [0.2, 0.25) is 5.02 Å². The van der Waals surface area contributed by atoms with Crippen LogP contribution in [0.25, 0.3) is 0 Å². The van der Waals surface area contributed by atoms with Crippen LogP contribution in [0.5, 0.6) is 0 Å². The van der Waals surface area contributed by atoms with Crippen LogP contribution < -0.4 is 5.73 Å². The zero-order chi connectivity index (χ0) is 12.5. The van der Waals surface area contributed by atoms with Gasteiger partial charge in [-0.1, -0.05) is 51.4 Å². The van der Waals surface area contributed by atoms with Gasteiger partial charge in [-0.2, -0.15) is 0 Å². The molecule has 2 rings (SSSR count). The second-order valence-electron chi connectivity index (χ2n) is 5.75. The lowest BCUT2D eigenvalue weighted by Crippen LogP contribution is -2.50. The molecule has 1 aliphatic carbocycles. The minimum atomic E-state index is 0. The van der Waals surface area contributed by atoms with Crippen molar-refractivity contribution in [1.82, 2.24) is 0 Å². The average Bonchev–Trinajstić information content (AvgIpc) is 2.18. The van der Waals surface area contributed by atoms with Crippen LogP contribution in [0.1, 0.15) is 52.5 Å². The van der Waals surface area contributed by atoms with Gasteiger partial charge < -0.3 is 5.73 Å². The van der Waals surface area contributed by atoms with Gasteiger partial charge in [-0.05, 0) is 42.9 Å². The van der Waals surface area contributed by atoms with Crippen LogP contribution in [-0.2, 0) is 5.41 Å². The molecule has 1 atom stereocenters. The highest BCUT2D eigenvalue weighted by Crippen LogP contribution is 2.47. The van der Waals surface area contributed by atoms with E-state index in [1.54, 1.807) is 0 Å². The Bertz CT molecular complexity index is 365. The maximum Gasteiger partial charge on any atom is 0.0406 e. The fourth-order valence-corrected chi connectivity index (χ4v) is 3.07. The summed E-state index contributed by atoms with van der Waals surface area (Å²) in [7, 11) is 0. The molecule has 0 aromatic heterocycles. The fraction of sp³-hybridized carbons (Fsp3) is 0.625. The Morgan fingerprint density at radius 3 is 2.17 bits per heavy atom. The van der Waals surface area contributed by atoms with Gasteiger partial charge in [0.15, 0.2) is 0 Å². The maximum atomic E-state index is 6.45. The highest BCUT2D eigenvalue weighted by Gasteiger charge is 2.43. The molecule has 0 heterocycles. The third kappa shape index (κ3) is 2.89. The van der Waals surface area contributed by atoms with Gasteiger partial charge in [0.2, 0.25) is 0 Å². The summed E-state index contributed by atoms with van der Waals surface area (Å²) in [6, 6.07) is 8.55. The van der Waals surface area contributed by atoms with Crippen molar-refractivity contribution in [3.05, 3.63) is 34.9 Å². The number of hydrogen-bond donors (Lipinski definition) is 1. The van der Waals surface area contributed by atoms with Crippen LogP contribution in [-0.4, -0.2) is 6.04 Å². The van der Waals surface area contributed by atoms with Crippen LogP contribution >= 0.6 is 11.6 Å². The monoisotopic (exact) mass is 267 g/mol. The van der Waals surface area contributed by atoms with Gasteiger partial charge in [0, 0.05) is 16.5 Å². The minimum Gasteiger partial charge on any atom is -0.327 e. The van der Waals surface area contributed by atoms with Crippen LogP contribution in [0.4, 0.5) is 0 Å². The molecule has 1 aromatic carbocycles. The Morgan fingerprint density at radius 1 is 1.22 bits per heavy atom. The summed E-state index contributed by atoms with van der Waals surface area (Å²) in [6.07, 6.45) is 4.85. The predicted octanol–water partition coefficient (Wildman–Crippen LogP) is 4.77. The average molecular weight is 268 g/mol. The zero-order valence-electron chi connectivity index (χ0n) is 10.7. The van der Waals surface area contributed by atoms with E-state index in [-0.39, 0.29) is 18.9 Å². The van der Waals surface area contributed by atoms with Crippen molar-refractivity contribution in [2.45, 2.75) is 58.4 Å². The Kier molecular flexibility index (Phi) is 5.24. The van der Waals surface area contributed by atoms with E-state index in [0.717, 1.165) is 11.4 Å². The van der Waals surface area contributed by atoms with E-state index in [2.05, 4.69) is 26.0 Å². The van der Waals surface area contributed by atoms with E-state index in [4.69, 9.17) is 17.3 Å². The molecular formula is C16H26ClN. The van der Waals surface area contributed by atoms with Crippen LogP contribution in [0, 0.1) is 5.92 Å². The molecule has 1 fully saturated rings. The van der Waals surface area contributed by atoms with Gasteiger partial charge in [-0.3, -0.25) is 0 Å². The molecule has 1 aliphatic rings. The largest absolute Gasteiger partial charge is 0.327 e. The summed E-state index contributed by atoms with van der Waals surface area (Å²) in [5.74, 6) is 0.662. The van der Waals surface area contributed by atoms with Crippen LogP contribution in [0.15, 0.2) is 24.3 Å². The van der Waals surface area contributed by atoms with Gasteiger partial charge in [-0.25, -0.2) is 0 Å². The lowest BCUT2D eigenvalue weighted by atomic mass is 9.59. The standard InChI is InChI=1S/C15H22ClN.CH4/c1-11(2)10-14(17)15(8-3-9-15)12-4-6-13(16)7-5-12;/h4-7,11,14H,3,8-10,17H2,1-2H3;1H4/t14-;/m0./s1. The molecule has 0 unspecified atom stereocenters. The molecule has 18 heavy (non-hydrogen) atoms. The molecule has 2 N–H and O–H groups in total. The zero-order valence-corrected chi connectivity index (χ0v) is 11.5. The highest BCUT2D eigenvalue weighted by atomic mass is 35.5. The number of halogens is 1. The van der Waals surface area contributed by atoms with E-state index in [0.29, 0.717) is 5.92 Å². The first-order chi connectivity index (χ1) is 8.04. The number of rotatable bonds is 4. The second kappa shape index (κ2) is 6.08. The molecule has 0 spiro atoms. The third-order valence-corrected chi connectivity index (χ3v) is 4.35. The summed E-state index contributed by atoms with van der Waals surface area (Å²) in [5, 5.41) is 0.806. The lowest BCUT2D eigenvalue weighted by Gasteiger charge is -2.47. The summed E-state index contributed by atoms with van der Waals surface area (Å²) in [4.78, 5) is 0. The van der Waals surface area contributed by atoms with Crippen molar-refractivity contribution in [3.63, 3.8) is 0 Å². The maximum absolute atomic E-state index is 6.45. The Hall–Kier alpha value is -0.530. The smallest absolute Gasteiger partial charge is 0.0406 e. The molecule has 1 nitrogen and oxygen atoms in total. The molecular weight excluding hydrogens is 242 g/mol. The van der Waals surface area contributed by atoms with Gasteiger partial charge in [-0.15, -0.1) is 0 Å². The van der Waals surface area contributed by atoms with E-state index >= 15 is 0 Å². The summed E-state index contributed by atoms with van der Waals surface area (Å²) >= 11 is 5.96. The molecule has 102 valence electrons. The fourth-order valence-electron chi connectivity index (χ4n) is 2.95. The van der Waals surface area contributed by atoms with Crippen molar-refractivity contribution in [1.29, 1.82) is 0 Å². The molecule has 0 amide bonds. The molecule has 1 saturated carbocycles. The number of benzene rings is 1. The Morgan fingerprint density at radius 2 is 1.78 bits per heavy atom. The Labute approximate surface area is 117 Å². The second-order valence-corrected chi connectivity index (χ2v) is 6.19. The van der Waals surface area contributed by atoms with E-state index in [9.17, 15) is 0 Å². The van der Waals surface area contributed by atoms with E-state index in [1.165, 1.54) is 24.8 Å². The van der Waals surface area contributed by atoms with Crippen molar-refractivity contribution < 1.29 is 0 Å². The molecule has 1 aromatic rings. The SMILES string of the molecule is C.CC(C)C[C@H](N)C1(c2ccc(Cl)cc2)CCC1. The first kappa shape index (κ1) is 15.5. The van der Waals surface area contributed by atoms with E-state index < -0.39 is 0 Å².